The van der Waals surface area contributed by atoms with Crippen molar-refractivity contribution in [2.24, 2.45) is 0 Å². The van der Waals surface area contributed by atoms with Gasteiger partial charge in [0.25, 0.3) is 0 Å². The minimum Gasteiger partial charge on any atom is -0.371 e. The summed E-state index contributed by atoms with van der Waals surface area (Å²) in [6.45, 7) is 2.05. The van der Waals surface area contributed by atoms with Gasteiger partial charge in [-0.3, -0.25) is 0 Å². The van der Waals surface area contributed by atoms with Crippen molar-refractivity contribution < 1.29 is 17.9 Å². The predicted molar refractivity (Wildman–Crippen MR) is 54.3 cm³/mol. The van der Waals surface area contributed by atoms with Gasteiger partial charge >= 0.3 is 6.18 Å². The van der Waals surface area contributed by atoms with Crippen LogP contribution in [-0.2, 0) is 4.74 Å². The molecule has 2 nitrogen and oxygen atoms in total. The summed E-state index contributed by atoms with van der Waals surface area (Å²) in [6, 6.07) is 0. The molecule has 0 saturated carbocycles. The molecule has 0 radical (unpaired) electrons. The number of alkyl halides is 4. The first-order valence-electron chi connectivity index (χ1n) is 4.78. The highest BCUT2D eigenvalue weighted by atomic mass is 35.5. The van der Waals surface area contributed by atoms with Gasteiger partial charge in [-0.25, -0.2) is 0 Å². The second kappa shape index (κ2) is 7.30. The van der Waals surface area contributed by atoms with Crippen LogP contribution in [0.2, 0.25) is 0 Å². The average molecular weight is 248 g/mol. The molecule has 1 unspecified atom stereocenters. The molecular formula is C9H17ClF3NO. The van der Waals surface area contributed by atoms with Crippen LogP contribution in [-0.4, -0.2) is 49.8 Å². The van der Waals surface area contributed by atoms with Gasteiger partial charge in [-0.15, -0.1) is 11.6 Å². The van der Waals surface area contributed by atoms with Crippen molar-refractivity contribution in [3.63, 3.8) is 0 Å². The molecule has 0 aromatic rings. The number of ether oxygens (including phenoxy) is 1. The zero-order valence-corrected chi connectivity index (χ0v) is 9.74. The number of nitrogens with zero attached hydrogens (tertiary/aromatic N) is 1. The fourth-order valence-electron chi connectivity index (χ4n) is 0.918. The van der Waals surface area contributed by atoms with E-state index in [9.17, 15) is 13.2 Å². The number of hydrogen-bond acceptors (Lipinski definition) is 2. The molecule has 6 heteroatoms. The summed E-state index contributed by atoms with van der Waals surface area (Å²) in [4.78, 5) is 1.90. The summed E-state index contributed by atoms with van der Waals surface area (Å²) < 4.78 is 39.5. The Hall–Kier alpha value is -0.0000000000000000555. The van der Waals surface area contributed by atoms with Gasteiger partial charge in [-0.1, -0.05) is 0 Å². The molecule has 0 N–H and O–H groups in total. The van der Waals surface area contributed by atoms with Gasteiger partial charge in [0.1, 0.15) is 6.61 Å². The minimum absolute atomic E-state index is 0.0866. The van der Waals surface area contributed by atoms with E-state index in [1.54, 1.807) is 0 Å². The van der Waals surface area contributed by atoms with Crippen LogP contribution in [0.5, 0.6) is 0 Å². The second-order valence-electron chi connectivity index (χ2n) is 3.54. The van der Waals surface area contributed by atoms with Crippen LogP contribution >= 0.6 is 11.6 Å². The molecule has 0 rings (SSSR count). The smallest absolute Gasteiger partial charge is 0.371 e. The average Bonchev–Trinajstić information content (AvgIpc) is 2.07. The largest absolute Gasteiger partial charge is 0.411 e. The minimum atomic E-state index is -4.23. The van der Waals surface area contributed by atoms with Crippen molar-refractivity contribution in [2.75, 3.05) is 33.4 Å². The van der Waals surface area contributed by atoms with Crippen molar-refractivity contribution in [1.29, 1.82) is 0 Å². The predicted octanol–water partition coefficient (Wildman–Crippen LogP) is 2.51. The van der Waals surface area contributed by atoms with E-state index in [1.807, 2.05) is 18.9 Å². The number of likely N-dealkylation sites (N-methyl/N-ethyl adjacent to an activating group) is 1. The van der Waals surface area contributed by atoms with Gasteiger partial charge in [0.05, 0.1) is 6.61 Å². The molecule has 0 fully saturated rings. The van der Waals surface area contributed by atoms with Gasteiger partial charge in [-0.05, 0) is 26.9 Å². The zero-order chi connectivity index (χ0) is 11.9. The molecule has 0 amide bonds. The van der Waals surface area contributed by atoms with E-state index in [0.717, 1.165) is 13.0 Å². The van der Waals surface area contributed by atoms with E-state index in [1.165, 1.54) is 0 Å². The third-order valence-corrected chi connectivity index (χ3v) is 2.01. The molecule has 0 heterocycles. The van der Waals surface area contributed by atoms with Crippen molar-refractivity contribution in [1.82, 2.24) is 4.90 Å². The maximum Gasteiger partial charge on any atom is 0.411 e. The van der Waals surface area contributed by atoms with E-state index in [2.05, 4.69) is 4.74 Å². The van der Waals surface area contributed by atoms with E-state index in [0.29, 0.717) is 6.54 Å². The zero-order valence-electron chi connectivity index (χ0n) is 8.98. The molecule has 0 bridgehead atoms. The maximum absolute atomic E-state index is 11.7. The van der Waals surface area contributed by atoms with Crippen molar-refractivity contribution in [3.8, 4) is 0 Å². The number of halogens is 4. The third-order valence-electron chi connectivity index (χ3n) is 1.79. The quantitative estimate of drug-likeness (QED) is 0.506. The first-order chi connectivity index (χ1) is 6.81. The number of rotatable bonds is 7. The summed E-state index contributed by atoms with van der Waals surface area (Å²) in [5, 5.41) is 0.0866. The highest BCUT2D eigenvalue weighted by Crippen LogP contribution is 2.14. The molecule has 0 aromatic carbocycles. The van der Waals surface area contributed by atoms with Gasteiger partial charge in [-0.2, -0.15) is 13.2 Å². The van der Waals surface area contributed by atoms with Crippen LogP contribution in [0.3, 0.4) is 0 Å². The summed E-state index contributed by atoms with van der Waals surface area (Å²) in [5.74, 6) is 0. The van der Waals surface area contributed by atoms with Crippen molar-refractivity contribution in [2.45, 2.75) is 24.9 Å². The SMILES string of the molecule is CC(Cl)CCN(C)CCOCC(F)(F)F. The third kappa shape index (κ3) is 11.9. The van der Waals surface area contributed by atoms with Crippen LogP contribution in [0.25, 0.3) is 0 Å². The molecule has 0 spiro atoms. The Labute approximate surface area is 93.3 Å². The fraction of sp³-hybridized carbons (Fsp3) is 1.00. The Kier molecular flexibility index (Phi) is 7.30. The van der Waals surface area contributed by atoms with Crippen LogP contribution in [0.15, 0.2) is 0 Å². The van der Waals surface area contributed by atoms with Crippen LogP contribution in [0.4, 0.5) is 13.2 Å². The van der Waals surface area contributed by atoms with E-state index < -0.39 is 12.8 Å². The Bertz CT molecular complexity index is 164. The first-order valence-corrected chi connectivity index (χ1v) is 5.22. The van der Waals surface area contributed by atoms with E-state index in [4.69, 9.17) is 11.6 Å². The van der Waals surface area contributed by atoms with Gasteiger partial charge < -0.3 is 9.64 Å². The Morgan fingerprint density at radius 2 is 1.93 bits per heavy atom. The molecule has 15 heavy (non-hydrogen) atoms. The molecule has 0 saturated heterocycles. The topological polar surface area (TPSA) is 12.5 Å². The lowest BCUT2D eigenvalue weighted by Gasteiger charge is -2.17. The molecular weight excluding hydrogens is 231 g/mol. The summed E-state index contributed by atoms with van der Waals surface area (Å²) in [6.07, 6.45) is -3.42. The van der Waals surface area contributed by atoms with Gasteiger partial charge in [0.2, 0.25) is 0 Å². The van der Waals surface area contributed by atoms with Crippen LogP contribution in [0, 0.1) is 0 Å². The second-order valence-corrected chi connectivity index (χ2v) is 4.29. The Balaban J connectivity index is 3.35. The fourth-order valence-corrected chi connectivity index (χ4v) is 1.02. The summed E-state index contributed by atoms with van der Waals surface area (Å²) in [7, 11) is 1.83. The maximum atomic E-state index is 11.7. The Morgan fingerprint density at radius 3 is 2.40 bits per heavy atom. The van der Waals surface area contributed by atoms with Crippen LogP contribution in [0.1, 0.15) is 13.3 Å². The Morgan fingerprint density at radius 1 is 1.33 bits per heavy atom. The highest BCUT2D eigenvalue weighted by molar-refractivity contribution is 6.20. The monoisotopic (exact) mass is 247 g/mol. The molecule has 0 aromatic heterocycles. The lowest BCUT2D eigenvalue weighted by atomic mass is 10.3. The normalized spacial score (nSPS) is 14.6. The molecule has 0 aliphatic carbocycles. The van der Waals surface area contributed by atoms with Crippen LogP contribution < -0.4 is 0 Å². The van der Waals surface area contributed by atoms with Gasteiger partial charge in [0.15, 0.2) is 0 Å². The van der Waals surface area contributed by atoms with Crippen molar-refractivity contribution >= 4 is 11.6 Å². The lowest BCUT2D eigenvalue weighted by Crippen LogP contribution is -2.27. The molecule has 1 atom stereocenters. The molecule has 0 aliphatic heterocycles. The molecule has 0 aliphatic rings. The number of hydrogen-bond donors (Lipinski definition) is 0. The standard InChI is InChI=1S/C9H17ClF3NO/c1-8(10)3-4-14(2)5-6-15-7-9(11,12)13/h8H,3-7H2,1-2H3. The summed E-state index contributed by atoms with van der Waals surface area (Å²) in [5.41, 5.74) is 0. The van der Waals surface area contributed by atoms with E-state index in [-0.39, 0.29) is 12.0 Å². The van der Waals surface area contributed by atoms with Gasteiger partial charge in [0, 0.05) is 11.9 Å². The lowest BCUT2D eigenvalue weighted by molar-refractivity contribution is -0.174. The molecule has 92 valence electrons. The van der Waals surface area contributed by atoms with E-state index >= 15 is 0 Å². The van der Waals surface area contributed by atoms with Crippen molar-refractivity contribution in [3.05, 3.63) is 0 Å². The summed E-state index contributed by atoms with van der Waals surface area (Å²) >= 11 is 5.74. The highest BCUT2D eigenvalue weighted by Gasteiger charge is 2.27. The first kappa shape index (κ1) is 15.0.